The van der Waals surface area contributed by atoms with Gasteiger partial charge in [-0.15, -0.1) is 11.8 Å². The van der Waals surface area contributed by atoms with Gasteiger partial charge in [-0.3, -0.25) is 9.59 Å². The summed E-state index contributed by atoms with van der Waals surface area (Å²) in [6.07, 6.45) is 5.79. The number of para-hydroxylation sites is 1. The highest BCUT2D eigenvalue weighted by Crippen LogP contribution is 2.42. The average molecular weight is 598 g/mol. The molecule has 6 heteroatoms. The molecule has 0 saturated heterocycles. The minimum atomic E-state index is -0.0135. The molecule has 0 atom stereocenters. The summed E-state index contributed by atoms with van der Waals surface area (Å²) in [5.74, 6) is 0.746. The number of nitrogens with one attached hydrogen (secondary N) is 2. The first kappa shape index (κ1) is 28.2. The molecular weight excluding hydrogens is 563 g/mol. The number of thioether (sulfide) groups is 1. The van der Waals surface area contributed by atoms with Crippen molar-refractivity contribution in [1.82, 2.24) is 5.32 Å². The van der Waals surface area contributed by atoms with E-state index in [4.69, 9.17) is 0 Å². The summed E-state index contributed by atoms with van der Waals surface area (Å²) in [7, 11) is 0. The zero-order chi connectivity index (χ0) is 29.9. The number of anilines is 2. The minimum absolute atomic E-state index is 0.0135. The number of carbonyl (C=O) groups is 2. The van der Waals surface area contributed by atoms with Crippen LogP contribution >= 0.6 is 11.8 Å². The maximum atomic E-state index is 13.9. The van der Waals surface area contributed by atoms with Crippen LogP contribution in [0.25, 0.3) is 5.57 Å². The van der Waals surface area contributed by atoms with Crippen LogP contribution in [-0.4, -0.2) is 30.2 Å². The monoisotopic (exact) mass is 597 g/mol. The highest BCUT2D eigenvalue weighted by molar-refractivity contribution is 8.04. The molecule has 4 aromatic rings. The fraction of sp³-hybridized carbons (Fsp3) is 0.211. The van der Waals surface area contributed by atoms with E-state index in [9.17, 15) is 9.59 Å². The van der Waals surface area contributed by atoms with E-state index < -0.39 is 0 Å². The van der Waals surface area contributed by atoms with Gasteiger partial charge in [0, 0.05) is 41.7 Å². The highest BCUT2D eigenvalue weighted by atomic mass is 32.2. The van der Waals surface area contributed by atoms with Crippen molar-refractivity contribution in [2.24, 2.45) is 0 Å². The number of amides is 2. The van der Waals surface area contributed by atoms with Crippen molar-refractivity contribution in [3.63, 3.8) is 0 Å². The fourth-order valence-electron chi connectivity index (χ4n) is 5.95. The first-order chi connectivity index (χ1) is 21.6. The first-order valence-electron chi connectivity index (χ1n) is 15.4. The van der Waals surface area contributed by atoms with Crippen LogP contribution in [0.1, 0.15) is 51.9 Å². The van der Waals surface area contributed by atoms with E-state index >= 15 is 0 Å². The fourth-order valence-corrected chi connectivity index (χ4v) is 7.00. The summed E-state index contributed by atoms with van der Waals surface area (Å²) in [6, 6.07) is 35.4. The number of carbonyl (C=O) groups excluding carboxylic acids is 2. The Labute approximate surface area is 263 Å². The molecule has 2 N–H and O–H groups in total. The van der Waals surface area contributed by atoms with E-state index in [1.807, 2.05) is 59.5 Å². The summed E-state index contributed by atoms with van der Waals surface area (Å²) in [6.45, 7) is 1.27. The van der Waals surface area contributed by atoms with Crippen LogP contribution < -0.4 is 15.5 Å². The predicted molar refractivity (Wildman–Crippen MR) is 181 cm³/mol. The second-order valence-electron chi connectivity index (χ2n) is 11.6. The Bertz CT molecular complexity index is 1760. The number of nitrogens with zero attached hydrogens (tertiary/aromatic N) is 1. The zero-order valence-corrected chi connectivity index (χ0v) is 25.4. The molecule has 220 valence electrons. The molecule has 2 amide bonds. The van der Waals surface area contributed by atoms with Gasteiger partial charge in [0.15, 0.2) is 0 Å². The highest BCUT2D eigenvalue weighted by Gasteiger charge is 2.30. The molecule has 0 unspecified atom stereocenters. The third-order valence-electron chi connectivity index (χ3n) is 8.54. The second-order valence-corrected chi connectivity index (χ2v) is 12.7. The van der Waals surface area contributed by atoms with Crippen LogP contribution in [0, 0.1) is 0 Å². The standard InChI is InChI=1S/C38H35N3O2S/c42-37(40-32-18-19-32)36-23-29-20-21-41(35-13-7-6-12-33(35)34(29)25-44-36)38(43)27-14-16-31(17-15-27)39-24-30-11-5-4-10-28(30)22-26-8-2-1-3-9-26/h1-17,23,32,39H,18-22,24-25H2,(H,40,42). The summed E-state index contributed by atoms with van der Waals surface area (Å²) < 4.78 is 0. The molecule has 1 fully saturated rings. The minimum Gasteiger partial charge on any atom is -0.381 e. The zero-order valence-electron chi connectivity index (χ0n) is 24.6. The molecule has 0 aromatic heterocycles. The maximum Gasteiger partial charge on any atom is 0.258 e. The van der Waals surface area contributed by atoms with Crippen LogP contribution in [0.5, 0.6) is 0 Å². The van der Waals surface area contributed by atoms with Gasteiger partial charge in [0.1, 0.15) is 0 Å². The normalized spacial score (nSPS) is 15.9. The van der Waals surface area contributed by atoms with Crippen molar-refractivity contribution in [3.05, 3.63) is 147 Å². The lowest BCUT2D eigenvalue weighted by Gasteiger charge is -2.24. The number of rotatable bonds is 8. The van der Waals surface area contributed by atoms with Gasteiger partial charge in [-0.05, 0) is 89.9 Å². The van der Waals surface area contributed by atoms with E-state index in [1.165, 1.54) is 22.3 Å². The molecule has 44 heavy (non-hydrogen) atoms. The van der Waals surface area contributed by atoms with Crippen molar-refractivity contribution >= 4 is 40.5 Å². The Hall–Kier alpha value is -4.55. The molecule has 1 aliphatic carbocycles. The molecule has 4 aromatic carbocycles. The van der Waals surface area contributed by atoms with Crippen molar-refractivity contribution < 1.29 is 9.59 Å². The van der Waals surface area contributed by atoms with Crippen LogP contribution in [0.2, 0.25) is 0 Å². The SMILES string of the molecule is O=C(NC1CC1)C1=CC2=C(CS1)c1ccccc1N(C(=O)c1ccc(NCc3ccccc3Cc3ccccc3)cc1)CC2. The summed E-state index contributed by atoms with van der Waals surface area (Å²) in [4.78, 5) is 29.4. The Morgan fingerprint density at radius 1 is 0.818 bits per heavy atom. The van der Waals surface area contributed by atoms with E-state index in [0.29, 0.717) is 31.1 Å². The third kappa shape index (κ3) is 6.22. The summed E-state index contributed by atoms with van der Waals surface area (Å²) >= 11 is 1.59. The van der Waals surface area contributed by atoms with Crippen LogP contribution in [0.15, 0.2) is 120 Å². The van der Waals surface area contributed by atoms with Crippen LogP contribution in [0.3, 0.4) is 0 Å². The number of fused-ring (bicyclic) bond motifs is 2. The van der Waals surface area contributed by atoms with Gasteiger partial charge in [-0.1, -0.05) is 72.8 Å². The molecule has 0 spiro atoms. The number of benzene rings is 4. The summed E-state index contributed by atoms with van der Waals surface area (Å²) in [5.41, 5.74) is 9.87. The van der Waals surface area contributed by atoms with Gasteiger partial charge in [0.05, 0.1) is 10.6 Å². The largest absolute Gasteiger partial charge is 0.381 e. The number of hydrogen-bond acceptors (Lipinski definition) is 4. The quantitative estimate of drug-likeness (QED) is 0.220. The van der Waals surface area contributed by atoms with Crippen molar-refractivity contribution in [1.29, 1.82) is 0 Å². The smallest absolute Gasteiger partial charge is 0.258 e. The maximum absolute atomic E-state index is 13.9. The lowest BCUT2D eigenvalue weighted by Crippen LogP contribution is -2.32. The Morgan fingerprint density at radius 3 is 2.34 bits per heavy atom. The number of allylic oxidation sites excluding steroid dienone is 1. The third-order valence-corrected chi connectivity index (χ3v) is 9.59. The van der Waals surface area contributed by atoms with E-state index in [2.05, 4.69) is 65.2 Å². The van der Waals surface area contributed by atoms with E-state index in [-0.39, 0.29) is 11.8 Å². The lowest BCUT2D eigenvalue weighted by molar-refractivity contribution is -0.116. The molecule has 1 saturated carbocycles. The van der Waals surface area contributed by atoms with Crippen molar-refractivity contribution in [2.75, 3.05) is 22.5 Å². The van der Waals surface area contributed by atoms with Gasteiger partial charge < -0.3 is 15.5 Å². The van der Waals surface area contributed by atoms with E-state index in [0.717, 1.165) is 52.4 Å². The first-order valence-corrected chi connectivity index (χ1v) is 16.3. The molecule has 2 heterocycles. The van der Waals surface area contributed by atoms with Crippen molar-refractivity contribution in [2.45, 2.75) is 38.3 Å². The topological polar surface area (TPSA) is 61.4 Å². The lowest BCUT2D eigenvalue weighted by atomic mass is 9.98. The molecule has 0 bridgehead atoms. The van der Waals surface area contributed by atoms with Gasteiger partial charge in [-0.25, -0.2) is 0 Å². The summed E-state index contributed by atoms with van der Waals surface area (Å²) in [5, 5.41) is 6.67. The molecule has 7 rings (SSSR count). The molecule has 3 aliphatic rings. The average Bonchev–Trinajstić information content (AvgIpc) is 3.91. The molecular formula is C38H35N3O2S. The van der Waals surface area contributed by atoms with Gasteiger partial charge in [0.2, 0.25) is 0 Å². The van der Waals surface area contributed by atoms with E-state index in [1.54, 1.807) is 11.8 Å². The molecule has 0 radical (unpaired) electrons. The Kier molecular flexibility index (Phi) is 8.08. The number of hydrogen-bond donors (Lipinski definition) is 2. The van der Waals surface area contributed by atoms with Crippen molar-refractivity contribution in [3.8, 4) is 0 Å². The Morgan fingerprint density at radius 2 is 1.55 bits per heavy atom. The van der Waals surface area contributed by atoms with Crippen LogP contribution in [-0.2, 0) is 17.8 Å². The molecule has 5 nitrogen and oxygen atoms in total. The second kappa shape index (κ2) is 12.6. The van der Waals surface area contributed by atoms with Crippen LogP contribution in [0.4, 0.5) is 11.4 Å². The van der Waals surface area contributed by atoms with Gasteiger partial charge in [-0.2, -0.15) is 0 Å². The predicted octanol–water partition coefficient (Wildman–Crippen LogP) is 7.60. The Balaban J connectivity index is 1.05. The molecule has 2 aliphatic heterocycles. The van der Waals surface area contributed by atoms with Gasteiger partial charge in [0.25, 0.3) is 11.8 Å². The van der Waals surface area contributed by atoms with Gasteiger partial charge >= 0.3 is 0 Å².